The summed E-state index contributed by atoms with van der Waals surface area (Å²) in [6.07, 6.45) is 6.78. The van der Waals surface area contributed by atoms with Crippen LogP contribution in [0.3, 0.4) is 0 Å². The minimum Gasteiger partial charge on any atom is -0.0888 e. The maximum Gasteiger partial charge on any atom is 0.0174 e. The third-order valence-corrected chi connectivity index (χ3v) is 5.09. The van der Waals surface area contributed by atoms with Crippen molar-refractivity contribution in [3.8, 4) is 0 Å². The van der Waals surface area contributed by atoms with Crippen molar-refractivity contribution in [1.29, 1.82) is 0 Å². The maximum atomic E-state index is 3.83. The van der Waals surface area contributed by atoms with Crippen molar-refractivity contribution in [2.75, 3.05) is 0 Å². The molecule has 1 atom stereocenters. The quantitative estimate of drug-likeness (QED) is 0.662. The standard InChI is InChI=1S/C16H23Br/c1-11-9-12(2)15(13(3)10-11)5-4-6-16(17)14-7-8-14/h9-10,14,16H,4-8H2,1-3H3. The van der Waals surface area contributed by atoms with Gasteiger partial charge < -0.3 is 0 Å². The molecule has 2 rings (SSSR count). The highest BCUT2D eigenvalue weighted by molar-refractivity contribution is 9.09. The molecular formula is C16H23Br. The molecule has 0 saturated heterocycles. The molecule has 1 aliphatic rings. The molecule has 0 aromatic heterocycles. The van der Waals surface area contributed by atoms with Gasteiger partial charge in [-0.05, 0) is 75.5 Å². The van der Waals surface area contributed by atoms with Gasteiger partial charge in [-0.25, -0.2) is 0 Å². The van der Waals surface area contributed by atoms with Crippen molar-refractivity contribution < 1.29 is 0 Å². The van der Waals surface area contributed by atoms with E-state index in [9.17, 15) is 0 Å². The van der Waals surface area contributed by atoms with Gasteiger partial charge in [-0.3, -0.25) is 0 Å². The van der Waals surface area contributed by atoms with Gasteiger partial charge in [-0.15, -0.1) is 0 Å². The molecule has 1 aromatic rings. The summed E-state index contributed by atoms with van der Waals surface area (Å²) in [6.45, 7) is 6.69. The first-order valence-corrected chi connectivity index (χ1v) is 7.70. The van der Waals surface area contributed by atoms with E-state index in [1.54, 1.807) is 5.56 Å². The van der Waals surface area contributed by atoms with Gasteiger partial charge in [0, 0.05) is 4.83 Å². The monoisotopic (exact) mass is 294 g/mol. The Labute approximate surface area is 114 Å². The van der Waals surface area contributed by atoms with E-state index in [0.717, 1.165) is 10.7 Å². The van der Waals surface area contributed by atoms with Crippen LogP contribution in [0.2, 0.25) is 0 Å². The van der Waals surface area contributed by atoms with E-state index in [-0.39, 0.29) is 0 Å². The number of alkyl halides is 1. The van der Waals surface area contributed by atoms with Crippen LogP contribution in [0.4, 0.5) is 0 Å². The molecule has 1 fully saturated rings. The highest BCUT2D eigenvalue weighted by Crippen LogP contribution is 2.38. The molecule has 1 aliphatic carbocycles. The number of halogens is 1. The second-order valence-corrected chi connectivity index (χ2v) is 6.80. The molecule has 0 bridgehead atoms. The van der Waals surface area contributed by atoms with Gasteiger partial charge in [-0.1, -0.05) is 33.6 Å². The number of hydrogen-bond acceptors (Lipinski definition) is 0. The van der Waals surface area contributed by atoms with Crippen molar-refractivity contribution in [3.63, 3.8) is 0 Å². The summed E-state index contributed by atoms with van der Waals surface area (Å²) < 4.78 is 0. The Morgan fingerprint density at radius 3 is 2.29 bits per heavy atom. The van der Waals surface area contributed by atoms with Crippen LogP contribution in [0.25, 0.3) is 0 Å². The molecule has 94 valence electrons. The Morgan fingerprint density at radius 2 is 1.76 bits per heavy atom. The molecule has 0 radical (unpaired) electrons. The van der Waals surface area contributed by atoms with Crippen molar-refractivity contribution in [3.05, 3.63) is 34.4 Å². The van der Waals surface area contributed by atoms with Crippen LogP contribution in [0, 0.1) is 26.7 Å². The zero-order valence-corrected chi connectivity index (χ0v) is 12.8. The summed E-state index contributed by atoms with van der Waals surface area (Å²) in [5, 5.41) is 0. The zero-order chi connectivity index (χ0) is 12.4. The molecule has 0 amide bonds. The minimum absolute atomic E-state index is 0.772. The fraction of sp³-hybridized carbons (Fsp3) is 0.625. The van der Waals surface area contributed by atoms with Crippen LogP contribution < -0.4 is 0 Å². The third-order valence-electron chi connectivity index (χ3n) is 3.88. The Kier molecular flexibility index (Phi) is 4.30. The molecule has 1 heteroatoms. The van der Waals surface area contributed by atoms with E-state index in [4.69, 9.17) is 0 Å². The van der Waals surface area contributed by atoms with Crippen molar-refractivity contribution in [2.45, 2.75) is 57.7 Å². The molecule has 1 unspecified atom stereocenters. The number of aryl methyl sites for hydroxylation is 3. The van der Waals surface area contributed by atoms with Crippen molar-refractivity contribution >= 4 is 15.9 Å². The molecule has 0 aliphatic heterocycles. The molecule has 0 spiro atoms. The lowest BCUT2D eigenvalue weighted by Gasteiger charge is -2.13. The molecule has 0 N–H and O–H groups in total. The van der Waals surface area contributed by atoms with E-state index >= 15 is 0 Å². The second-order valence-electron chi connectivity index (χ2n) is 5.62. The van der Waals surface area contributed by atoms with Gasteiger partial charge >= 0.3 is 0 Å². The largest absolute Gasteiger partial charge is 0.0888 e. The summed E-state index contributed by atoms with van der Waals surface area (Å²) in [6, 6.07) is 4.63. The lowest BCUT2D eigenvalue weighted by atomic mass is 9.95. The molecule has 1 saturated carbocycles. The van der Waals surface area contributed by atoms with Gasteiger partial charge in [0.25, 0.3) is 0 Å². The van der Waals surface area contributed by atoms with E-state index < -0.39 is 0 Å². The van der Waals surface area contributed by atoms with Crippen LogP contribution in [-0.4, -0.2) is 4.83 Å². The predicted molar refractivity (Wildman–Crippen MR) is 79.0 cm³/mol. The van der Waals surface area contributed by atoms with Gasteiger partial charge in [0.05, 0.1) is 0 Å². The summed E-state index contributed by atoms with van der Waals surface area (Å²) in [5.41, 5.74) is 5.91. The second kappa shape index (κ2) is 5.56. The Hall–Kier alpha value is -0.300. The first kappa shape index (κ1) is 13.1. The van der Waals surface area contributed by atoms with Gasteiger partial charge in [0.1, 0.15) is 0 Å². The fourth-order valence-corrected chi connectivity index (χ4v) is 3.62. The topological polar surface area (TPSA) is 0 Å². The van der Waals surface area contributed by atoms with Crippen LogP contribution in [0.15, 0.2) is 12.1 Å². The van der Waals surface area contributed by atoms with Crippen LogP contribution in [-0.2, 0) is 6.42 Å². The first-order valence-electron chi connectivity index (χ1n) is 6.78. The van der Waals surface area contributed by atoms with E-state index in [0.29, 0.717) is 0 Å². The molecule has 0 nitrogen and oxygen atoms in total. The van der Waals surface area contributed by atoms with E-state index in [1.807, 2.05) is 0 Å². The smallest absolute Gasteiger partial charge is 0.0174 e. The lowest BCUT2D eigenvalue weighted by Crippen LogP contribution is -2.02. The lowest BCUT2D eigenvalue weighted by molar-refractivity contribution is 0.651. The summed E-state index contributed by atoms with van der Waals surface area (Å²) >= 11 is 3.83. The predicted octanol–water partition coefficient (Wildman–Crippen LogP) is 5.11. The third kappa shape index (κ3) is 3.58. The Morgan fingerprint density at radius 1 is 1.18 bits per heavy atom. The van der Waals surface area contributed by atoms with E-state index in [2.05, 4.69) is 48.8 Å². The van der Waals surface area contributed by atoms with Crippen LogP contribution in [0.5, 0.6) is 0 Å². The Balaban J connectivity index is 1.89. The normalized spacial score (nSPS) is 17.2. The highest BCUT2D eigenvalue weighted by atomic mass is 79.9. The molecule has 0 heterocycles. The van der Waals surface area contributed by atoms with Crippen molar-refractivity contribution in [2.24, 2.45) is 5.92 Å². The SMILES string of the molecule is Cc1cc(C)c(CCCC(Br)C2CC2)c(C)c1. The average molecular weight is 295 g/mol. The number of rotatable bonds is 5. The maximum absolute atomic E-state index is 3.83. The van der Waals surface area contributed by atoms with Gasteiger partial charge in [0.2, 0.25) is 0 Å². The highest BCUT2D eigenvalue weighted by Gasteiger charge is 2.28. The number of hydrogen-bond donors (Lipinski definition) is 0. The first-order chi connectivity index (χ1) is 8.08. The zero-order valence-electron chi connectivity index (χ0n) is 11.2. The van der Waals surface area contributed by atoms with Gasteiger partial charge in [-0.2, -0.15) is 0 Å². The van der Waals surface area contributed by atoms with Crippen molar-refractivity contribution in [1.82, 2.24) is 0 Å². The average Bonchev–Trinajstić information content (AvgIpc) is 3.04. The minimum atomic E-state index is 0.772. The Bertz CT molecular complexity index is 368. The van der Waals surface area contributed by atoms with Crippen LogP contribution in [0.1, 0.15) is 47.9 Å². The number of benzene rings is 1. The van der Waals surface area contributed by atoms with E-state index in [1.165, 1.54) is 48.8 Å². The fourth-order valence-electron chi connectivity index (χ4n) is 2.77. The summed E-state index contributed by atoms with van der Waals surface area (Å²) in [5.74, 6) is 0.982. The van der Waals surface area contributed by atoms with Gasteiger partial charge in [0.15, 0.2) is 0 Å². The molecule has 17 heavy (non-hydrogen) atoms. The molecule has 1 aromatic carbocycles. The summed E-state index contributed by atoms with van der Waals surface area (Å²) in [7, 11) is 0. The molecular weight excluding hydrogens is 272 g/mol. The van der Waals surface area contributed by atoms with Crippen LogP contribution >= 0.6 is 15.9 Å². The summed E-state index contributed by atoms with van der Waals surface area (Å²) in [4.78, 5) is 0.772.